The fraction of sp³-hybridized carbons (Fsp3) is 0.188. The Morgan fingerprint density at radius 2 is 1.75 bits per heavy atom. The summed E-state index contributed by atoms with van der Waals surface area (Å²) in [7, 11) is 0. The molecule has 3 N–H and O–H groups in total. The second-order valence-electron chi connectivity index (χ2n) is 4.40. The van der Waals surface area contributed by atoms with Crippen molar-refractivity contribution in [2.24, 2.45) is 5.73 Å². The quantitative estimate of drug-likeness (QED) is 0.831. The summed E-state index contributed by atoms with van der Waals surface area (Å²) in [5, 5.41) is 2.96. The van der Waals surface area contributed by atoms with Crippen molar-refractivity contribution in [2.45, 2.75) is 17.9 Å². The number of nitrogens with one attached hydrogen (secondary N) is 1. The van der Waals surface area contributed by atoms with Crippen molar-refractivity contribution >= 4 is 23.4 Å². The maximum Gasteiger partial charge on any atom is 0.228 e. The van der Waals surface area contributed by atoms with E-state index in [1.165, 1.54) is 0 Å². The fourth-order valence-corrected chi connectivity index (χ4v) is 2.60. The van der Waals surface area contributed by atoms with Gasteiger partial charge in [0.15, 0.2) is 0 Å². The lowest BCUT2D eigenvalue weighted by atomic mass is 10.0. The second kappa shape index (κ2) is 7.12. The standard InChI is InChI=1S/C16H18N2OS/c1-20-15-9-5-4-8-14(15)18-16(19)10-12-6-2-3-7-13(12)11-17/h2-9H,10-11,17H2,1H3,(H,18,19). The summed E-state index contributed by atoms with van der Waals surface area (Å²) in [6, 6.07) is 15.6. The van der Waals surface area contributed by atoms with Crippen LogP contribution < -0.4 is 11.1 Å². The largest absolute Gasteiger partial charge is 0.326 e. The van der Waals surface area contributed by atoms with Crippen LogP contribution in [0.2, 0.25) is 0 Å². The van der Waals surface area contributed by atoms with Gasteiger partial charge >= 0.3 is 0 Å². The molecule has 0 radical (unpaired) electrons. The molecule has 0 heterocycles. The monoisotopic (exact) mass is 286 g/mol. The van der Waals surface area contributed by atoms with Crippen LogP contribution in [-0.2, 0) is 17.8 Å². The van der Waals surface area contributed by atoms with Gasteiger partial charge in [0.05, 0.1) is 12.1 Å². The summed E-state index contributed by atoms with van der Waals surface area (Å²) in [6.45, 7) is 0.449. The lowest BCUT2D eigenvalue weighted by Gasteiger charge is -2.11. The Hall–Kier alpha value is -1.78. The van der Waals surface area contributed by atoms with Gasteiger partial charge in [0.25, 0.3) is 0 Å². The molecule has 3 nitrogen and oxygen atoms in total. The van der Waals surface area contributed by atoms with Crippen LogP contribution in [0.5, 0.6) is 0 Å². The maximum atomic E-state index is 12.2. The molecule has 104 valence electrons. The molecule has 0 aliphatic heterocycles. The minimum Gasteiger partial charge on any atom is -0.326 e. The van der Waals surface area contributed by atoms with Crippen molar-refractivity contribution in [3.8, 4) is 0 Å². The molecule has 0 unspecified atom stereocenters. The van der Waals surface area contributed by atoms with Crippen molar-refractivity contribution in [3.05, 3.63) is 59.7 Å². The average Bonchev–Trinajstić information content (AvgIpc) is 2.48. The molecule has 0 saturated carbocycles. The van der Waals surface area contributed by atoms with Crippen molar-refractivity contribution in [1.29, 1.82) is 0 Å². The SMILES string of the molecule is CSc1ccccc1NC(=O)Cc1ccccc1CN. The van der Waals surface area contributed by atoms with Gasteiger partial charge in [-0.1, -0.05) is 36.4 Å². The topological polar surface area (TPSA) is 55.1 Å². The van der Waals surface area contributed by atoms with Gasteiger partial charge in [0.1, 0.15) is 0 Å². The highest BCUT2D eigenvalue weighted by atomic mass is 32.2. The van der Waals surface area contributed by atoms with Gasteiger partial charge in [0.2, 0.25) is 5.91 Å². The average molecular weight is 286 g/mol. The van der Waals surface area contributed by atoms with E-state index >= 15 is 0 Å². The van der Waals surface area contributed by atoms with Crippen molar-refractivity contribution in [1.82, 2.24) is 0 Å². The number of para-hydroxylation sites is 1. The zero-order valence-electron chi connectivity index (χ0n) is 11.4. The number of hydrogen-bond acceptors (Lipinski definition) is 3. The van der Waals surface area contributed by atoms with Gasteiger partial charge in [-0.3, -0.25) is 4.79 Å². The summed E-state index contributed by atoms with van der Waals surface area (Å²) < 4.78 is 0. The fourth-order valence-electron chi connectivity index (χ4n) is 2.04. The van der Waals surface area contributed by atoms with E-state index in [0.717, 1.165) is 21.7 Å². The minimum atomic E-state index is -0.0209. The molecule has 0 aliphatic rings. The van der Waals surface area contributed by atoms with Crippen LogP contribution in [0.15, 0.2) is 53.4 Å². The predicted molar refractivity (Wildman–Crippen MR) is 84.9 cm³/mol. The van der Waals surface area contributed by atoms with E-state index in [1.807, 2.05) is 54.8 Å². The molecular weight excluding hydrogens is 268 g/mol. The maximum absolute atomic E-state index is 12.2. The molecule has 4 heteroatoms. The highest BCUT2D eigenvalue weighted by molar-refractivity contribution is 7.98. The Bertz CT molecular complexity index is 547. The molecular formula is C16H18N2OS. The lowest BCUT2D eigenvalue weighted by Crippen LogP contribution is -2.16. The third-order valence-corrected chi connectivity index (χ3v) is 3.87. The number of carbonyl (C=O) groups excluding carboxylic acids is 1. The molecule has 2 aromatic rings. The van der Waals surface area contributed by atoms with E-state index in [9.17, 15) is 4.79 Å². The third-order valence-electron chi connectivity index (χ3n) is 3.07. The van der Waals surface area contributed by atoms with E-state index in [4.69, 9.17) is 5.73 Å². The number of benzene rings is 2. The van der Waals surface area contributed by atoms with Crippen LogP contribution >= 0.6 is 11.8 Å². The van der Waals surface area contributed by atoms with Gasteiger partial charge in [0, 0.05) is 11.4 Å². The number of amides is 1. The first-order valence-corrected chi connectivity index (χ1v) is 7.66. The van der Waals surface area contributed by atoms with Crippen molar-refractivity contribution in [3.63, 3.8) is 0 Å². The highest BCUT2D eigenvalue weighted by Gasteiger charge is 2.09. The summed E-state index contributed by atoms with van der Waals surface area (Å²) in [5.74, 6) is -0.0209. The molecule has 0 atom stereocenters. The predicted octanol–water partition coefficient (Wildman–Crippen LogP) is 3.05. The summed E-state index contributed by atoms with van der Waals surface area (Å²) in [6.07, 6.45) is 2.34. The molecule has 20 heavy (non-hydrogen) atoms. The first-order chi connectivity index (χ1) is 9.74. The number of thioether (sulfide) groups is 1. The number of nitrogens with two attached hydrogens (primary N) is 1. The summed E-state index contributed by atoms with van der Waals surface area (Å²) in [4.78, 5) is 13.2. The van der Waals surface area contributed by atoms with Crippen LogP contribution in [0, 0.1) is 0 Å². The van der Waals surface area contributed by atoms with Gasteiger partial charge < -0.3 is 11.1 Å². The van der Waals surface area contributed by atoms with Crippen LogP contribution in [0.25, 0.3) is 0 Å². The molecule has 0 saturated heterocycles. The second-order valence-corrected chi connectivity index (χ2v) is 5.25. The Labute approximate surface area is 123 Å². The van der Waals surface area contributed by atoms with Crippen LogP contribution in [0.1, 0.15) is 11.1 Å². The van der Waals surface area contributed by atoms with E-state index in [2.05, 4.69) is 5.32 Å². The van der Waals surface area contributed by atoms with Crippen molar-refractivity contribution in [2.75, 3.05) is 11.6 Å². The molecule has 0 aliphatic carbocycles. The number of rotatable bonds is 5. The summed E-state index contributed by atoms with van der Waals surface area (Å²) >= 11 is 1.62. The van der Waals surface area contributed by atoms with E-state index in [0.29, 0.717) is 13.0 Å². The first kappa shape index (κ1) is 14.6. The van der Waals surface area contributed by atoms with E-state index in [1.54, 1.807) is 11.8 Å². The number of hydrogen-bond donors (Lipinski definition) is 2. The Morgan fingerprint density at radius 1 is 1.10 bits per heavy atom. The number of carbonyl (C=O) groups is 1. The first-order valence-electron chi connectivity index (χ1n) is 6.44. The van der Waals surface area contributed by atoms with Crippen LogP contribution in [0.3, 0.4) is 0 Å². The highest BCUT2D eigenvalue weighted by Crippen LogP contribution is 2.24. The Kier molecular flexibility index (Phi) is 5.21. The molecule has 0 bridgehead atoms. The molecule has 0 spiro atoms. The lowest BCUT2D eigenvalue weighted by molar-refractivity contribution is -0.115. The zero-order valence-corrected chi connectivity index (χ0v) is 12.2. The minimum absolute atomic E-state index is 0.0209. The Morgan fingerprint density at radius 3 is 2.45 bits per heavy atom. The Balaban J connectivity index is 2.09. The number of anilines is 1. The third kappa shape index (κ3) is 3.62. The summed E-state index contributed by atoms with van der Waals surface area (Å²) in [5.41, 5.74) is 8.54. The molecule has 2 rings (SSSR count). The van der Waals surface area contributed by atoms with E-state index < -0.39 is 0 Å². The zero-order chi connectivity index (χ0) is 14.4. The molecule has 0 aromatic heterocycles. The van der Waals surface area contributed by atoms with Crippen LogP contribution in [-0.4, -0.2) is 12.2 Å². The van der Waals surface area contributed by atoms with Gasteiger partial charge in [-0.15, -0.1) is 11.8 Å². The normalized spacial score (nSPS) is 10.3. The smallest absolute Gasteiger partial charge is 0.228 e. The van der Waals surface area contributed by atoms with Gasteiger partial charge in [-0.05, 0) is 29.5 Å². The molecule has 2 aromatic carbocycles. The van der Waals surface area contributed by atoms with Gasteiger partial charge in [-0.2, -0.15) is 0 Å². The molecule has 1 amide bonds. The van der Waals surface area contributed by atoms with E-state index in [-0.39, 0.29) is 5.91 Å². The van der Waals surface area contributed by atoms with Crippen LogP contribution in [0.4, 0.5) is 5.69 Å². The van der Waals surface area contributed by atoms with Gasteiger partial charge in [-0.25, -0.2) is 0 Å². The van der Waals surface area contributed by atoms with Crippen molar-refractivity contribution < 1.29 is 4.79 Å². The molecule has 0 fully saturated rings.